The fourth-order valence-corrected chi connectivity index (χ4v) is 4.10. The number of ether oxygens (including phenoxy) is 3. The fraction of sp³-hybridized carbons (Fsp3) is 0.364. The number of benzene rings is 1. The van der Waals surface area contributed by atoms with Crippen LogP contribution in [0, 0.1) is 0 Å². The van der Waals surface area contributed by atoms with Crippen molar-refractivity contribution < 1.29 is 27.4 Å². The summed E-state index contributed by atoms with van der Waals surface area (Å²) < 4.78 is 45.9. The molecule has 0 atom stereocenters. The van der Waals surface area contributed by atoms with Crippen LogP contribution in [0.3, 0.4) is 0 Å². The first kappa shape index (κ1) is 24.2. The van der Waals surface area contributed by atoms with E-state index >= 15 is 0 Å². The standard InChI is InChI=1S/C22H28N4O6S/c1-4-30-19-13-16(14-20(31-5-2)21(19)32-6-3)22(27)23-10-12-33(28,29)25-17-8-11-26-18(15-17)7-9-24-26/h7-9,11,13-15,25H,4-6,10,12H2,1-3H3,(H,23,27). The van der Waals surface area contributed by atoms with Crippen molar-refractivity contribution in [1.82, 2.24) is 14.9 Å². The van der Waals surface area contributed by atoms with E-state index in [1.807, 2.05) is 20.8 Å². The summed E-state index contributed by atoms with van der Waals surface area (Å²) in [7, 11) is -3.68. The second-order valence-electron chi connectivity index (χ2n) is 6.89. The minimum absolute atomic E-state index is 0.0791. The Morgan fingerprint density at radius 1 is 1.00 bits per heavy atom. The van der Waals surface area contributed by atoms with Gasteiger partial charge in [0.25, 0.3) is 5.91 Å². The zero-order chi connectivity index (χ0) is 23.8. The van der Waals surface area contributed by atoms with Gasteiger partial charge in [0.05, 0.1) is 36.8 Å². The molecule has 0 radical (unpaired) electrons. The van der Waals surface area contributed by atoms with E-state index in [2.05, 4.69) is 15.1 Å². The molecule has 0 spiro atoms. The number of amides is 1. The molecular weight excluding hydrogens is 448 g/mol. The molecule has 0 saturated carbocycles. The second kappa shape index (κ2) is 10.9. The van der Waals surface area contributed by atoms with Gasteiger partial charge in [-0.2, -0.15) is 5.10 Å². The Balaban J connectivity index is 1.66. The lowest BCUT2D eigenvalue weighted by Gasteiger charge is -2.17. The van der Waals surface area contributed by atoms with Crippen LogP contribution in [0.25, 0.3) is 5.52 Å². The molecular formula is C22H28N4O6S. The van der Waals surface area contributed by atoms with Crippen LogP contribution >= 0.6 is 0 Å². The van der Waals surface area contributed by atoms with E-state index in [4.69, 9.17) is 14.2 Å². The smallest absolute Gasteiger partial charge is 0.251 e. The van der Waals surface area contributed by atoms with Crippen molar-refractivity contribution in [3.8, 4) is 17.2 Å². The summed E-state index contributed by atoms with van der Waals surface area (Å²) in [5.41, 5.74) is 1.46. The summed E-state index contributed by atoms with van der Waals surface area (Å²) in [6.07, 6.45) is 3.28. The third-order valence-electron chi connectivity index (χ3n) is 4.50. The van der Waals surface area contributed by atoms with Gasteiger partial charge in [-0.3, -0.25) is 9.52 Å². The minimum atomic E-state index is -3.68. The summed E-state index contributed by atoms with van der Waals surface area (Å²) in [6.45, 7) is 6.58. The lowest BCUT2D eigenvalue weighted by atomic mass is 10.1. The number of hydrogen-bond donors (Lipinski definition) is 2. The number of anilines is 1. The van der Waals surface area contributed by atoms with Gasteiger partial charge in [0.2, 0.25) is 15.8 Å². The Morgan fingerprint density at radius 3 is 2.30 bits per heavy atom. The van der Waals surface area contributed by atoms with E-state index < -0.39 is 15.9 Å². The number of carbonyl (C=O) groups excluding carboxylic acids is 1. The molecule has 0 aliphatic rings. The van der Waals surface area contributed by atoms with Crippen molar-refractivity contribution in [2.75, 3.05) is 36.8 Å². The topological polar surface area (TPSA) is 120 Å². The number of pyridine rings is 1. The van der Waals surface area contributed by atoms with E-state index in [9.17, 15) is 13.2 Å². The van der Waals surface area contributed by atoms with Crippen LogP contribution in [0.1, 0.15) is 31.1 Å². The number of aromatic nitrogens is 2. The number of rotatable bonds is 12. The van der Waals surface area contributed by atoms with Crippen LogP contribution in [0.2, 0.25) is 0 Å². The Kier molecular flexibility index (Phi) is 7.99. The molecule has 2 N–H and O–H groups in total. The Hall–Kier alpha value is -3.47. The SMILES string of the molecule is CCOc1cc(C(=O)NCCS(=O)(=O)Nc2ccn3nccc3c2)cc(OCC)c1OCC. The van der Waals surface area contributed by atoms with Crippen LogP contribution in [-0.2, 0) is 10.0 Å². The van der Waals surface area contributed by atoms with E-state index in [-0.39, 0.29) is 17.9 Å². The predicted molar refractivity (Wildman–Crippen MR) is 125 cm³/mol. The number of hydrogen-bond acceptors (Lipinski definition) is 7. The first-order chi connectivity index (χ1) is 15.9. The normalized spacial score (nSPS) is 11.2. The zero-order valence-electron chi connectivity index (χ0n) is 18.8. The molecule has 0 fully saturated rings. The predicted octanol–water partition coefficient (Wildman–Crippen LogP) is 2.70. The Bertz CT molecular complexity index is 1180. The lowest BCUT2D eigenvalue weighted by Crippen LogP contribution is -2.31. The van der Waals surface area contributed by atoms with Crippen molar-refractivity contribution in [1.29, 1.82) is 0 Å². The summed E-state index contributed by atoms with van der Waals surface area (Å²) in [4.78, 5) is 12.7. The molecule has 11 heteroatoms. The molecule has 0 aliphatic heterocycles. The quantitative estimate of drug-likeness (QED) is 0.412. The van der Waals surface area contributed by atoms with Gasteiger partial charge in [0, 0.05) is 24.5 Å². The van der Waals surface area contributed by atoms with E-state index in [0.717, 1.165) is 5.52 Å². The Morgan fingerprint density at radius 2 is 1.67 bits per heavy atom. The maximum absolute atomic E-state index is 12.7. The van der Waals surface area contributed by atoms with Gasteiger partial charge in [-0.05, 0) is 51.1 Å². The second-order valence-corrected chi connectivity index (χ2v) is 8.74. The molecule has 0 saturated heterocycles. The van der Waals surface area contributed by atoms with Gasteiger partial charge in [-0.25, -0.2) is 12.9 Å². The molecule has 0 bridgehead atoms. The largest absolute Gasteiger partial charge is 0.490 e. The molecule has 178 valence electrons. The molecule has 3 aromatic rings. The molecule has 2 heterocycles. The highest BCUT2D eigenvalue weighted by Gasteiger charge is 2.19. The summed E-state index contributed by atoms with van der Waals surface area (Å²) in [6, 6.07) is 8.16. The monoisotopic (exact) mass is 476 g/mol. The van der Waals surface area contributed by atoms with E-state index in [1.165, 1.54) is 0 Å². The minimum Gasteiger partial charge on any atom is -0.490 e. The van der Waals surface area contributed by atoms with Crippen molar-refractivity contribution in [3.05, 3.63) is 48.3 Å². The van der Waals surface area contributed by atoms with Crippen LogP contribution in [-0.4, -0.2) is 56.1 Å². The molecule has 0 unspecified atom stereocenters. The summed E-state index contributed by atoms with van der Waals surface area (Å²) in [5.74, 6) is 0.465. The van der Waals surface area contributed by atoms with E-state index in [1.54, 1.807) is 47.2 Å². The van der Waals surface area contributed by atoms with Gasteiger partial charge in [0.1, 0.15) is 0 Å². The first-order valence-corrected chi connectivity index (χ1v) is 12.3. The average molecular weight is 477 g/mol. The summed E-state index contributed by atoms with van der Waals surface area (Å²) >= 11 is 0. The molecule has 1 amide bonds. The molecule has 33 heavy (non-hydrogen) atoms. The van der Waals surface area contributed by atoms with Crippen LogP contribution in [0.4, 0.5) is 5.69 Å². The van der Waals surface area contributed by atoms with Crippen molar-refractivity contribution >= 4 is 27.1 Å². The van der Waals surface area contributed by atoms with Gasteiger partial charge in [-0.15, -0.1) is 0 Å². The molecule has 3 rings (SSSR count). The Labute approximate surface area is 192 Å². The number of sulfonamides is 1. The highest BCUT2D eigenvalue weighted by atomic mass is 32.2. The average Bonchev–Trinajstić information content (AvgIpc) is 3.23. The number of carbonyl (C=O) groups is 1. The number of nitrogens with one attached hydrogen (secondary N) is 2. The van der Waals surface area contributed by atoms with Gasteiger partial charge in [0.15, 0.2) is 11.5 Å². The van der Waals surface area contributed by atoms with Crippen LogP contribution < -0.4 is 24.2 Å². The molecule has 0 aliphatic carbocycles. The lowest BCUT2D eigenvalue weighted by molar-refractivity contribution is 0.0955. The van der Waals surface area contributed by atoms with E-state index in [0.29, 0.717) is 42.8 Å². The van der Waals surface area contributed by atoms with Crippen molar-refractivity contribution in [2.45, 2.75) is 20.8 Å². The molecule has 2 aromatic heterocycles. The number of nitrogens with zero attached hydrogens (tertiary/aromatic N) is 2. The maximum Gasteiger partial charge on any atom is 0.251 e. The highest BCUT2D eigenvalue weighted by molar-refractivity contribution is 7.92. The maximum atomic E-state index is 12.7. The first-order valence-electron chi connectivity index (χ1n) is 10.6. The van der Waals surface area contributed by atoms with Gasteiger partial charge in [-0.1, -0.05) is 0 Å². The molecule has 10 nitrogen and oxygen atoms in total. The van der Waals surface area contributed by atoms with Gasteiger partial charge >= 0.3 is 0 Å². The third-order valence-corrected chi connectivity index (χ3v) is 5.79. The van der Waals surface area contributed by atoms with Crippen LogP contribution in [0.5, 0.6) is 17.2 Å². The fourth-order valence-electron chi connectivity index (χ4n) is 3.14. The van der Waals surface area contributed by atoms with Gasteiger partial charge < -0.3 is 19.5 Å². The highest BCUT2D eigenvalue weighted by Crippen LogP contribution is 2.39. The summed E-state index contributed by atoms with van der Waals surface area (Å²) in [5, 5.41) is 6.70. The molecule has 1 aromatic carbocycles. The number of fused-ring (bicyclic) bond motifs is 1. The van der Waals surface area contributed by atoms with Crippen molar-refractivity contribution in [2.24, 2.45) is 0 Å². The third kappa shape index (κ3) is 6.28. The van der Waals surface area contributed by atoms with Crippen molar-refractivity contribution in [3.63, 3.8) is 0 Å². The van der Waals surface area contributed by atoms with Crippen LogP contribution in [0.15, 0.2) is 42.7 Å². The zero-order valence-corrected chi connectivity index (χ0v) is 19.6.